The van der Waals surface area contributed by atoms with Crippen molar-refractivity contribution in [3.05, 3.63) is 11.8 Å². The third kappa shape index (κ3) is 5.71. The highest BCUT2D eigenvalue weighted by Crippen LogP contribution is 2.28. The lowest BCUT2D eigenvalue weighted by molar-refractivity contribution is -0.179. The van der Waals surface area contributed by atoms with Gasteiger partial charge in [-0.05, 0) is 6.08 Å². The number of carbonyl (C=O) groups excluding carboxylic acids is 3. The Balaban J connectivity index is 3.06. The monoisotopic (exact) mass is 359 g/mol. The average molecular weight is 359 g/mol. The topological polar surface area (TPSA) is 123 Å². The minimum atomic E-state index is -0.928. The molecule has 0 saturated carbocycles. The normalized spacial score (nSPS) is 25.0. The van der Waals surface area contributed by atoms with Crippen LogP contribution in [0.4, 0.5) is 0 Å². The Kier molecular flexibility index (Phi) is 7.85. The van der Waals surface area contributed by atoms with Gasteiger partial charge in [0.15, 0.2) is 6.10 Å². The summed E-state index contributed by atoms with van der Waals surface area (Å²) in [6, 6.07) is -0.503. The van der Waals surface area contributed by atoms with Crippen molar-refractivity contribution >= 4 is 17.9 Å². The van der Waals surface area contributed by atoms with Crippen LogP contribution in [0.15, 0.2) is 11.8 Å². The van der Waals surface area contributed by atoms with E-state index in [2.05, 4.69) is 4.74 Å². The summed E-state index contributed by atoms with van der Waals surface area (Å²) in [6.45, 7) is 4.06. The van der Waals surface area contributed by atoms with Gasteiger partial charge in [-0.15, -0.1) is 0 Å². The molecule has 0 bridgehead atoms. The van der Waals surface area contributed by atoms with Crippen molar-refractivity contribution in [2.75, 3.05) is 20.8 Å². The summed E-state index contributed by atoms with van der Waals surface area (Å²) in [6.07, 6.45) is -1.01. The summed E-state index contributed by atoms with van der Waals surface area (Å²) in [4.78, 5) is 34.3. The average Bonchev–Trinajstić information content (AvgIpc) is 2.55. The van der Waals surface area contributed by atoms with Crippen molar-refractivity contribution < 1.29 is 38.1 Å². The molecule has 0 aromatic carbocycles. The van der Waals surface area contributed by atoms with E-state index in [0.717, 1.165) is 0 Å². The maximum Gasteiger partial charge on any atom is 0.373 e. The lowest BCUT2D eigenvalue weighted by Crippen LogP contribution is -2.53. The first-order valence-electron chi connectivity index (χ1n) is 7.77. The van der Waals surface area contributed by atoms with E-state index in [1.165, 1.54) is 34.1 Å². The van der Waals surface area contributed by atoms with Crippen LogP contribution in [0.3, 0.4) is 0 Å². The first-order valence-corrected chi connectivity index (χ1v) is 7.77. The van der Waals surface area contributed by atoms with Gasteiger partial charge in [0.2, 0.25) is 5.76 Å². The lowest BCUT2D eigenvalue weighted by atomic mass is 9.88. The smallest absolute Gasteiger partial charge is 0.373 e. The second kappa shape index (κ2) is 9.38. The molecule has 1 aliphatic heterocycles. The second-order valence-electron chi connectivity index (χ2n) is 5.69. The van der Waals surface area contributed by atoms with Gasteiger partial charge >= 0.3 is 17.9 Å². The van der Waals surface area contributed by atoms with E-state index in [9.17, 15) is 14.4 Å². The molecule has 1 aliphatic rings. The minimum absolute atomic E-state index is 0.0470. The lowest BCUT2D eigenvalue weighted by Gasteiger charge is -2.39. The summed E-state index contributed by atoms with van der Waals surface area (Å²) in [7, 11) is 2.62. The summed E-state index contributed by atoms with van der Waals surface area (Å²) in [5.41, 5.74) is 6.05. The van der Waals surface area contributed by atoms with Crippen molar-refractivity contribution in [3.8, 4) is 0 Å². The van der Waals surface area contributed by atoms with Crippen molar-refractivity contribution in [2.45, 2.75) is 45.1 Å². The maximum atomic E-state index is 11.8. The molecule has 142 valence electrons. The Labute approximate surface area is 146 Å². The molecule has 0 amide bonds. The number of methoxy groups -OCH3 is 2. The van der Waals surface area contributed by atoms with E-state index in [0.29, 0.717) is 0 Å². The Morgan fingerprint density at radius 2 is 1.88 bits per heavy atom. The van der Waals surface area contributed by atoms with Gasteiger partial charge < -0.3 is 29.4 Å². The van der Waals surface area contributed by atoms with E-state index in [4.69, 9.17) is 24.7 Å². The van der Waals surface area contributed by atoms with Crippen molar-refractivity contribution in [1.82, 2.24) is 0 Å². The molecule has 0 radical (unpaired) electrons. The molecule has 9 nitrogen and oxygen atoms in total. The molecule has 2 N–H and O–H groups in total. The number of carbonyl (C=O) groups is 3. The van der Waals surface area contributed by atoms with Crippen molar-refractivity contribution in [2.24, 2.45) is 11.7 Å². The fraction of sp³-hybridized carbons (Fsp3) is 0.688. The molecule has 9 heteroatoms. The largest absolute Gasteiger partial charge is 0.480 e. The molecule has 0 spiro atoms. The van der Waals surface area contributed by atoms with Crippen LogP contribution in [-0.2, 0) is 38.1 Å². The van der Waals surface area contributed by atoms with E-state index in [1.807, 2.05) is 6.92 Å². The van der Waals surface area contributed by atoms with Crippen LogP contribution in [0.2, 0.25) is 0 Å². The third-order valence-corrected chi connectivity index (χ3v) is 3.85. The van der Waals surface area contributed by atoms with Crippen LogP contribution in [0, 0.1) is 5.92 Å². The molecular formula is C16H25NO8. The van der Waals surface area contributed by atoms with E-state index < -0.39 is 42.3 Å². The van der Waals surface area contributed by atoms with Crippen molar-refractivity contribution in [3.63, 3.8) is 0 Å². The zero-order valence-electron chi connectivity index (χ0n) is 15.0. The molecular weight excluding hydrogens is 334 g/mol. The van der Waals surface area contributed by atoms with E-state index >= 15 is 0 Å². The fourth-order valence-corrected chi connectivity index (χ4v) is 2.53. The van der Waals surface area contributed by atoms with Crippen LogP contribution < -0.4 is 5.73 Å². The Hall–Kier alpha value is -2.13. The summed E-state index contributed by atoms with van der Waals surface area (Å²) in [5.74, 6) is -2.10. The third-order valence-electron chi connectivity index (χ3n) is 3.85. The van der Waals surface area contributed by atoms with Crippen LogP contribution in [-0.4, -0.2) is 63.1 Å². The van der Waals surface area contributed by atoms with Gasteiger partial charge in [0, 0.05) is 32.9 Å². The Morgan fingerprint density at radius 3 is 2.36 bits per heavy atom. The van der Waals surface area contributed by atoms with Gasteiger partial charge in [0.25, 0.3) is 0 Å². The fourth-order valence-electron chi connectivity index (χ4n) is 2.53. The van der Waals surface area contributed by atoms with Gasteiger partial charge in [-0.3, -0.25) is 9.59 Å². The summed E-state index contributed by atoms with van der Waals surface area (Å²) < 4.78 is 25.9. The van der Waals surface area contributed by atoms with Crippen LogP contribution >= 0.6 is 0 Å². The van der Waals surface area contributed by atoms with Gasteiger partial charge in [-0.25, -0.2) is 4.79 Å². The highest BCUT2D eigenvalue weighted by molar-refractivity contribution is 5.86. The number of nitrogens with two attached hydrogens (primary N) is 1. The Morgan fingerprint density at radius 1 is 1.24 bits per heavy atom. The highest BCUT2D eigenvalue weighted by atomic mass is 16.6. The highest BCUT2D eigenvalue weighted by Gasteiger charge is 2.43. The standard InChI is InChI=1S/C16H25NO8/c1-8-11(17)6-12(16(20)22-5)25-14(8)15(21-4)13(24-10(3)19)7-23-9(2)18/h6,8,11,13-15H,7,17H2,1-5H3/t8-,11+,13-,14-,15-/m1/s1. The molecule has 0 aromatic heterocycles. The molecule has 1 heterocycles. The Bertz CT molecular complexity index is 532. The molecule has 5 atom stereocenters. The van der Waals surface area contributed by atoms with Crippen LogP contribution in [0.1, 0.15) is 20.8 Å². The van der Waals surface area contributed by atoms with Gasteiger partial charge in [0.1, 0.15) is 18.8 Å². The SMILES string of the molecule is COC(=O)C1=C[C@H](N)[C@@H](C)[C@H]([C@H](OC)[C@@H](COC(C)=O)OC(C)=O)O1. The predicted molar refractivity (Wildman–Crippen MR) is 85.1 cm³/mol. The minimum Gasteiger partial charge on any atom is -0.480 e. The molecule has 0 aliphatic carbocycles. The zero-order valence-corrected chi connectivity index (χ0v) is 15.0. The predicted octanol–water partition coefficient (Wildman–Crippen LogP) is -0.0847. The number of ether oxygens (including phenoxy) is 5. The molecule has 25 heavy (non-hydrogen) atoms. The van der Waals surface area contributed by atoms with E-state index in [1.54, 1.807) is 0 Å². The molecule has 0 aromatic rings. The first kappa shape index (κ1) is 20.9. The number of esters is 3. The second-order valence-corrected chi connectivity index (χ2v) is 5.69. The number of rotatable bonds is 7. The van der Waals surface area contributed by atoms with Crippen LogP contribution in [0.5, 0.6) is 0 Å². The first-order chi connectivity index (χ1) is 11.7. The van der Waals surface area contributed by atoms with E-state index in [-0.39, 0.29) is 18.3 Å². The van der Waals surface area contributed by atoms with Gasteiger partial charge in [0.05, 0.1) is 7.11 Å². The quantitative estimate of drug-likeness (QED) is 0.491. The maximum absolute atomic E-state index is 11.8. The summed E-state index contributed by atoms with van der Waals surface area (Å²) in [5, 5.41) is 0. The van der Waals surface area contributed by atoms with Gasteiger partial charge in [-0.2, -0.15) is 0 Å². The zero-order chi connectivity index (χ0) is 19.1. The summed E-state index contributed by atoms with van der Waals surface area (Å²) >= 11 is 0. The van der Waals surface area contributed by atoms with Crippen molar-refractivity contribution in [1.29, 1.82) is 0 Å². The molecule has 1 rings (SSSR count). The number of hydrogen-bond donors (Lipinski definition) is 1. The van der Waals surface area contributed by atoms with Crippen LogP contribution in [0.25, 0.3) is 0 Å². The molecule has 0 saturated heterocycles. The molecule has 0 unspecified atom stereocenters. The van der Waals surface area contributed by atoms with Gasteiger partial charge in [-0.1, -0.05) is 6.92 Å². The molecule has 0 fully saturated rings. The number of hydrogen-bond acceptors (Lipinski definition) is 9.